The van der Waals surface area contributed by atoms with Crippen LogP contribution in [0.25, 0.3) is 0 Å². The van der Waals surface area contributed by atoms with Crippen LogP contribution in [0.2, 0.25) is 5.02 Å². The van der Waals surface area contributed by atoms with Gasteiger partial charge >= 0.3 is 5.97 Å². The van der Waals surface area contributed by atoms with Gasteiger partial charge in [0.2, 0.25) is 0 Å². The van der Waals surface area contributed by atoms with Crippen LogP contribution in [0.3, 0.4) is 0 Å². The normalized spacial score (nSPS) is 12.1. The third kappa shape index (κ3) is 4.55. The average Bonchev–Trinajstić information content (AvgIpc) is 2.43. The number of hydrogen-bond acceptors (Lipinski definition) is 1. The summed E-state index contributed by atoms with van der Waals surface area (Å²) in [6.45, 7) is 0. The van der Waals surface area contributed by atoms with Crippen molar-refractivity contribution in [1.82, 2.24) is 0 Å². The lowest BCUT2D eigenvalue weighted by atomic mass is 9.92. The van der Waals surface area contributed by atoms with Crippen LogP contribution in [-0.4, -0.2) is 11.1 Å². The van der Waals surface area contributed by atoms with Crippen LogP contribution in [0.15, 0.2) is 46.9 Å². The Labute approximate surface area is 135 Å². The molecule has 0 fully saturated rings. The van der Waals surface area contributed by atoms with E-state index in [1.54, 1.807) is 18.2 Å². The molecule has 0 aliphatic carbocycles. The first-order chi connectivity index (χ1) is 9.95. The Hall–Kier alpha value is -1.39. The second kappa shape index (κ2) is 7.05. The molecular formula is C16H13BrClFO2. The Morgan fingerprint density at radius 1 is 1.19 bits per heavy atom. The smallest absolute Gasteiger partial charge is 0.307 e. The Kier molecular flexibility index (Phi) is 5.37. The number of carboxylic acid groups (broad SMARTS) is 1. The minimum absolute atomic E-state index is 0.332. The molecule has 0 aliphatic heterocycles. The van der Waals surface area contributed by atoms with E-state index in [-0.39, 0.29) is 5.82 Å². The topological polar surface area (TPSA) is 37.3 Å². The van der Waals surface area contributed by atoms with E-state index < -0.39 is 11.9 Å². The minimum Gasteiger partial charge on any atom is -0.481 e. The fourth-order valence-electron chi connectivity index (χ4n) is 2.10. The highest BCUT2D eigenvalue weighted by Gasteiger charge is 2.20. The molecule has 0 amide bonds. The Morgan fingerprint density at radius 3 is 2.43 bits per heavy atom. The summed E-state index contributed by atoms with van der Waals surface area (Å²) in [6.07, 6.45) is 0.667. The van der Waals surface area contributed by atoms with Crippen molar-refractivity contribution in [3.63, 3.8) is 0 Å². The highest BCUT2D eigenvalue weighted by molar-refractivity contribution is 9.10. The van der Waals surface area contributed by atoms with E-state index >= 15 is 0 Å². The van der Waals surface area contributed by atoms with Crippen LogP contribution < -0.4 is 0 Å². The van der Waals surface area contributed by atoms with Crippen molar-refractivity contribution in [3.8, 4) is 0 Å². The molecule has 2 aromatic rings. The molecular weight excluding hydrogens is 359 g/mol. The molecule has 0 aliphatic rings. The first-order valence-electron chi connectivity index (χ1n) is 6.37. The molecule has 1 unspecified atom stereocenters. The van der Waals surface area contributed by atoms with Gasteiger partial charge in [0.15, 0.2) is 0 Å². The summed E-state index contributed by atoms with van der Waals surface area (Å²) < 4.78 is 13.7. The lowest BCUT2D eigenvalue weighted by Crippen LogP contribution is -2.19. The number of aliphatic carboxylic acids is 1. The van der Waals surface area contributed by atoms with Gasteiger partial charge in [-0.15, -0.1) is 0 Å². The van der Waals surface area contributed by atoms with Crippen LogP contribution in [-0.2, 0) is 17.6 Å². The molecule has 0 aromatic heterocycles. The first kappa shape index (κ1) is 16.0. The zero-order valence-corrected chi connectivity index (χ0v) is 13.4. The van der Waals surface area contributed by atoms with Gasteiger partial charge in [0.1, 0.15) is 5.82 Å². The van der Waals surface area contributed by atoms with Gasteiger partial charge in [-0.05, 0) is 48.2 Å². The molecule has 0 spiro atoms. The maximum Gasteiger partial charge on any atom is 0.307 e. The minimum atomic E-state index is -0.890. The third-order valence-corrected chi connectivity index (χ3v) is 4.07. The highest BCUT2D eigenvalue weighted by Crippen LogP contribution is 2.25. The summed E-state index contributed by atoms with van der Waals surface area (Å²) in [5, 5.41) is 9.91. The first-order valence-corrected chi connectivity index (χ1v) is 7.54. The zero-order valence-electron chi connectivity index (χ0n) is 11.0. The van der Waals surface area contributed by atoms with Gasteiger partial charge in [0.25, 0.3) is 0 Å². The summed E-state index contributed by atoms with van der Waals surface area (Å²) in [5.41, 5.74) is 1.58. The van der Waals surface area contributed by atoms with E-state index in [2.05, 4.69) is 15.9 Å². The van der Waals surface area contributed by atoms with Crippen molar-refractivity contribution in [2.24, 2.45) is 5.92 Å². The van der Waals surface area contributed by atoms with Crippen molar-refractivity contribution in [2.75, 3.05) is 0 Å². The van der Waals surface area contributed by atoms with Crippen molar-refractivity contribution < 1.29 is 14.3 Å². The van der Waals surface area contributed by atoms with E-state index in [1.165, 1.54) is 12.1 Å². The molecule has 0 saturated heterocycles. The van der Waals surface area contributed by atoms with Crippen molar-refractivity contribution >= 4 is 33.5 Å². The molecule has 21 heavy (non-hydrogen) atoms. The predicted octanol–water partition coefficient (Wildman–Crippen LogP) is 4.73. The zero-order chi connectivity index (χ0) is 15.4. The molecule has 2 aromatic carbocycles. The van der Waals surface area contributed by atoms with Gasteiger partial charge in [0.05, 0.1) is 5.92 Å². The molecule has 2 rings (SSSR count). The summed E-state index contributed by atoms with van der Waals surface area (Å²) in [6, 6.07) is 11.3. The van der Waals surface area contributed by atoms with E-state index in [0.717, 1.165) is 15.6 Å². The monoisotopic (exact) mass is 370 g/mol. The lowest BCUT2D eigenvalue weighted by molar-refractivity contribution is -0.141. The number of carboxylic acids is 1. The summed E-state index contributed by atoms with van der Waals surface area (Å²) >= 11 is 9.45. The van der Waals surface area contributed by atoms with Gasteiger partial charge in [0, 0.05) is 9.50 Å². The number of benzene rings is 2. The molecule has 110 valence electrons. The maximum absolute atomic E-state index is 12.9. The number of carbonyl (C=O) groups is 1. The van der Waals surface area contributed by atoms with Gasteiger partial charge in [-0.3, -0.25) is 4.79 Å². The predicted molar refractivity (Wildman–Crippen MR) is 84.1 cm³/mol. The van der Waals surface area contributed by atoms with Crippen molar-refractivity contribution in [3.05, 3.63) is 68.9 Å². The average molecular weight is 372 g/mol. The summed E-state index contributed by atoms with van der Waals surface area (Å²) in [5.74, 6) is -1.82. The van der Waals surface area contributed by atoms with Crippen LogP contribution in [0.4, 0.5) is 4.39 Å². The van der Waals surface area contributed by atoms with E-state index in [4.69, 9.17) is 11.6 Å². The fraction of sp³-hybridized carbons (Fsp3) is 0.188. The molecule has 0 heterocycles. The quantitative estimate of drug-likeness (QED) is 0.825. The number of rotatable bonds is 5. The standard InChI is InChI=1S/C16H13BrClFO2/c17-13-4-3-11(15(18)9-13)8-12(16(20)21)7-10-1-5-14(19)6-2-10/h1-6,9,12H,7-8H2,(H,20,21). The van der Waals surface area contributed by atoms with Crippen molar-refractivity contribution in [2.45, 2.75) is 12.8 Å². The third-order valence-electron chi connectivity index (χ3n) is 3.23. The van der Waals surface area contributed by atoms with Gasteiger partial charge in [-0.1, -0.05) is 45.7 Å². The SMILES string of the molecule is O=C(O)C(Cc1ccc(F)cc1)Cc1ccc(Br)cc1Cl. The Morgan fingerprint density at radius 2 is 1.86 bits per heavy atom. The fourth-order valence-corrected chi connectivity index (χ4v) is 2.86. The Balaban J connectivity index is 2.15. The molecule has 1 atom stereocenters. The molecule has 2 nitrogen and oxygen atoms in total. The Bertz CT molecular complexity index is 643. The molecule has 0 radical (unpaired) electrons. The second-order valence-electron chi connectivity index (χ2n) is 4.81. The summed E-state index contributed by atoms with van der Waals surface area (Å²) in [4.78, 5) is 11.4. The maximum atomic E-state index is 12.9. The molecule has 0 bridgehead atoms. The van der Waals surface area contributed by atoms with Crippen LogP contribution in [0.5, 0.6) is 0 Å². The highest BCUT2D eigenvalue weighted by atomic mass is 79.9. The van der Waals surface area contributed by atoms with Crippen molar-refractivity contribution in [1.29, 1.82) is 0 Å². The van der Waals surface area contributed by atoms with Crippen LogP contribution in [0.1, 0.15) is 11.1 Å². The van der Waals surface area contributed by atoms with Crippen LogP contribution >= 0.6 is 27.5 Å². The largest absolute Gasteiger partial charge is 0.481 e. The summed E-state index contributed by atoms with van der Waals surface area (Å²) in [7, 11) is 0. The van der Waals surface area contributed by atoms with E-state index in [9.17, 15) is 14.3 Å². The van der Waals surface area contributed by atoms with Gasteiger partial charge in [-0.25, -0.2) is 4.39 Å². The van der Waals surface area contributed by atoms with Gasteiger partial charge < -0.3 is 5.11 Å². The molecule has 0 saturated carbocycles. The second-order valence-corrected chi connectivity index (χ2v) is 6.13. The molecule has 5 heteroatoms. The molecule has 1 N–H and O–H groups in total. The van der Waals surface area contributed by atoms with Crippen LogP contribution in [0, 0.1) is 11.7 Å². The van der Waals surface area contributed by atoms with E-state index in [1.807, 2.05) is 12.1 Å². The number of hydrogen-bond donors (Lipinski definition) is 1. The van der Waals surface area contributed by atoms with E-state index in [0.29, 0.717) is 17.9 Å². The van der Waals surface area contributed by atoms with Gasteiger partial charge in [-0.2, -0.15) is 0 Å². The lowest BCUT2D eigenvalue weighted by Gasteiger charge is -2.14. The number of halogens is 3.